The van der Waals surface area contributed by atoms with Gasteiger partial charge >= 0.3 is 5.69 Å². The molecule has 0 fully saturated rings. The van der Waals surface area contributed by atoms with Crippen LogP contribution in [0.2, 0.25) is 0 Å². The van der Waals surface area contributed by atoms with Crippen LogP contribution in [-0.4, -0.2) is 35.3 Å². The number of rotatable bonds is 7. The van der Waals surface area contributed by atoms with Crippen LogP contribution < -0.4 is 20.5 Å². The van der Waals surface area contributed by atoms with Crippen LogP contribution in [0.4, 0.5) is 11.6 Å². The molecule has 2 N–H and O–H groups in total. The quantitative estimate of drug-likeness (QED) is 0.336. The number of hydrogen-bond acceptors (Lipinski definition) is 9. The lowest BCUT2D eigenvalue weighted by molar-refractivity contribution is -0.385. The third kappa shape index (κ3) is 4.33. The number of benzene rings is 2. The zero-order chi connectivity index (χ0) is 22.4. The largest absolute Gasteiger partial charge is 0.496 e. The lowest BCUT2D eigenvalue weighted by Crippen LogP contribution is -2.16. The highest BCUT2D eigenvalue weighted by atomic mass is 16.6. The Bertz CT molecular complexity index is 1250. The Morgan fingerprint density at radius 1 is 1.19 bits per heavy atom. The van der Waals surface area contributed by atoms with E-state index in [1.807, 2.05) is 6.07 Å². The van der Waals surface area contributed by atoms with Crippen molar-refractivity contribution in [1.82, 2.24) is 9.97 Å². The number of anilines is 1. The third-order valence-electron chi connectivity index (χ3n) is 4.20. The number of methoxy groups -OCH3 is 2. The molecule has 3 rings (SSSR count). The van der Waals surface area contributed by atoms with Gasteiger partial charge in [0.2, 0.25) is 5.95 Å². The Hall–Kier alpha value is -4.72. The van der Waals surface area contributed by atoms with Gasteiger partial charge < -0.3 is 9.47 Å². The molecular weight excluding hydrogens is 404 g/mol. The number of aromatic nitrogens is 2. The second-order valence-corrected chi connectivity index (χ2v) is 5.98. The Balaban J connectivity index is 2.01. The summed E-state index contributed by atoms with van der Waals surface area (Å²) < 4.78 is 10.2. The molecule has 1 heterocycles. The van der Waals surface area contributed by atoms with Gasteiger partial charge in [-0.25, -0.2) is 10.4 Å². The van der Waals surface area contributed by atoms with E-state index < -0.39 is 10.5 Å². The van der Waals surface area contributed by atoms with Gasteiger partial charge in [0, 0.05) is 5.56 Å². The second kappa shape index (κ2) is 9.19. The van der Waals surface area contributed by atoms with Crippen molar-refractivity contribution in [3.63, 3.8) is 0 Å². The smallest absolute Gasteiger partial charge is 0.323 e. The third-order valence-corrected chi connectivity index (χ3v) is 4.20. The summed E-state index contributed by atoms with van der Waals surface area (Å²) in [5, 5.41) is 24.8. The van der Waals surface area contributed by atoms with Crippen LogP contribution >= 0.6 is 0 Å². The molecule has 0 aliphatic heterocycles. The number of H-pyrrole nitrogens is 1. The molecule has 0 saturated carbocycles. The van der Waals surface area contributed by atoms with E-state index in [0.717, 1.165) is 6.21 Å². The summed E-state index contributed by atoms with van der Waals surface area (Å²) in [5.41, 5.74) is 2.19. The van der Waals surface area contributed by atoms with Crippen LogP contribution in [-0.2, 0) is 0 Å². The van der Waals surface area contributed by atoms with Gasteiger partial charge in [-0.05, 0) is 12.1 Å². The second-order valence-electron chi connectivity index (χ2n) is 5.98. The topological polar surface area (TPSA) is 156 Å². The van der Waals surface area contributed by atoms with Crippen LogP contribution in [0.3, 0.4) is 0 Å². The van der Waals surface area contributed by atoms with Crippen molar-refractivity contribution in [1.29, 1.82) is 5.26 Å². The van der Waals surface area contributed by atoms with E-state index in [9.17, 15) is 20.2 Å². The first-order valence-corrected chi connectivity index (χ1v) is 8.78. The van der Waals surface area contributed by atoms with Gasteiger partial charge in [0.15, 0.2) is 5.75 Å². The summed E-state index contributed by atoms with van der Waals surface area (Å²) in [6.07, 6.45) is 1.15. The average molecular weight is 420 g/mol. The Morgan fingerprint density at radius 3 is 2.48 bits per heavy atom. The number of hydrazone groups is 1. The van der Waals surface area contributed by atoms with E-state index >= 15 is 0 Å². The number of nitro groups is 1. The minimum atomic E-state index is -0.654. The highest BCUT2D eigenvalue weighted by molar-refractivity contribution is 5.91. The van der Waals surface area contributed by atoms with Gasteiger partial charge in [0.25, 0.3) is 5.56 Å². The monoisotopic (exact) mass is 420 g/mol. The molecular formula is C20H16N6O5. The average Bonchev–Trinajstić information content (AvgIpc) is 2.78. The van der Waals surface area contributed by atoms with Crippen molar-refractivity contribution in [3.05, 3.63) is 74.1 Å². The van der Waals surface area contributed by atoms with Crippen LogP contribution in [0, 0.1) is 21.4 Å². The van der Waals surface area contributed by atoms with E-state index in [1.54, 1.807) is 30.3 Å². The number of hydrogen-bond donors (Lipinski definition) is 2. The molecule has 3 aromatic rings. The maximum Gasteiger partial charge on any atom is 0.323 e. The molecule has 156 valence electrons. The SMILES string of the molecule is COc1ccc(OC)c([N+](=O)[O-])c1C=NNc1nc(-c2ccccc2)c(C#N)c(=O)[nH]1. The highest BCUT2D eigenvalue weighted by Crippen LogP contribution is 2.35. The zero-order valence-corrected chi connectivity index (χ0v) is 16.4. The molecule has 11 nitrogen and oxygen atoms in total. The minimum Gasteiger partial charge on any atom is -0.496 e. The van der Waals surface area contributed by atoms with E-state index in [1.165, 1.54) is 26.4 Å². The molecule has 11 heteroatoms. The predicted molar refractivity (Wildman–Crippen MR) is 112 cm³/mol. The van der Waals surface area contributed by atoms with Crippen LogP contribution in [0.25, 0.3) is 11.3 Å². The minimum absolute atomic E-state index is 0.0310. The Labute approximate surface area is 175 Å². The van der Waals surface area contributed by atoms with Crippen LogP contribution in [0.1, 0.15) is 11.1 Å². The summed E-state index contributed by atoms with van der Waals surface area (Å²) in [4.78, 5) is 29.8. The van der Waals surface area contributed by atoms with Crippen LogP contribution in [0.15, 0.2) is 52.4 Å². The molecule has 0 spiro atoms. The summed E-state index contributed by atoms with van der Waals surface area (Å²) >= 11 is 0. The number of aromatic amines is 1. The lowest BCUT2D eigenvalue weighted by atomic mass is 10.1. The van der Waals surface area contributed by atoms with Crippen molar-refractivity contribution in [2.45, 2.75) is 0 Å². The van der Waals surface area contributed by atoms with Gasteiger partial charge in [-0.3, -0.25) is 19.9 Å². The summed E-state index contributed by atoms with van der Waals surface area (Å²) in [7, 11) is 2.67. The predicted octanol–water partition coefficient (Wildman–Crippen LogP) is 2.68. The number of ether oxygens (including phenoxy) is 2. The fourth-order valence-corrected chi connectivity index (χ4v) is 2.82. The molecule has 31 heavy (non-hydrogen) atoms. The fourth-order valence-electron chi connectivity index (χ4n) is 2.82. The van der Waals surface area contributed by atoms with Gasteiger partial charge in [-0.1, -0.05) is 30.3 Å². The first-order chi connectivity index (χ1) is 15.0. The van der Waals surface area contributed by atoms with Crippen molar-refractivity contribution in [2.75, 3.05) is 19.6 Å². The normalized spacial score (nSPS) is 10.5. The molecule has 0 aliphatic carbocycles. The molecule has 0 unspecified atom stereocenters. The number of nitro benzene ring substituents is 1. The van der Waals surface area contributed by atoms with Gasteiger partial charge in [-0.2, -0.15) is 10.4 Å². The van der Waals surface area contributed by atoms with Crippen molar-refractivity contribution < 1.29 is 14.4 Å². The van der Waals surface area contributed by atoms with Gasteiger partial charge in [-0.15, -0.1) is 0 Å². The first kappa shape index (κ1) is 21.0. The van der Waals surface area contributed by atoms with E-state index in [-0.39, 0.29) is 40.0 Å². The Kier molecular flexibility index (Phi) is 6.22. The van der Waals surface area contributed by atoms with Gasteiger partial charge in [0.1, 0.15) is 22.9 Å². The number of nitrogens with zero attached hydrogens (tertiary/aromatic N) is 4. The molecule has 0 saturated heterocycles. The van der Waals surface area contributed by atoms with Crippen LogP contribution in [0.5, 0.6) is 11.5 Å². The standard InChI is InChI=1S/C20H16N6O5/c1-30-15-8-9-16(31-2)18(26(28)29)14(15)11-22-25-20-23-17(12-6-4-3-5-7-12)13(10-21)19(27)24-20/h3-9,11H,1-2H3,(H2,23,24,25,27). The van der Waals surface area contributed by atoms with Crippen molar-refractivity contribution in [3.8, 4) is 28.8 Å². The maximum absolute atomic E-state index is 12.3. The maximum atomic E-state index is 12.3. The number of nitrogens with one attached hydrogen (secondary N) is 2. The zero-order valence-electron chi connectivity index (χ0n) is 16.4. The van der Waals surface area contributed by atoms with Crippen molar-refractivity contribution >= 4 is 17.9 Å². The molecule has 0 aliphatic rings. The molecule has 1 aromatic heterocycles. The fraction of sp³-hybridized carbons (Fsp3) is 0.100. The van der Waals surface area contributed by atoms with E-state index in [2.05, 4.69) is 20.5 Å². The van der Waals surface area contributed by atoms with E-state index in [4.69, 9.17) is 9.47 Å². The lowest BCUT2D eigenvalue weighted by Gasteiger charge is -2.09. The number of nitriles is 1. The summed E-state index contributed by atoms with van der Waals surface area (Å²) in [5.74, 6) is 0.177. The molecule has 0 amide bonds. The summed E-state index contributed by atoms with van der Waals surface area (Å²) in [6.45, 7) is 0. The highest BCUT2D eigenvalue weighted by Gasteiger charge is 2.24. The molecule has 0 atom stereocenters. The van der Waals surface area contributed by atoms with E-state index in [0.29, 0.717) is 5.56 Å². The molecule has 0 bridgehead atoms. The molecule has 2 aromatic carbocycles. The Morgan fingerprint density at radius 2 is 1.87 bits per heavy atom. The summed E-state index contributed by atoms with van der Waals surface area (Å²) in [6, 6.07) is 13.5. The van der Waals surface area contributed by atoms with Crippen molar-refractivity contribution in [2.24, 2.45) is 5.10 Å². The molecule has 0 radical (unpaired) electrons. The van der Waals surface area contributed by atoms with Gasteiger partial charge in [0.05, 0.1) is 31.1 Å². The first-order valence-electron chi connectivity index (χ1n) is 8.78.